The molecule has 0 amide bonds. The van der Waals surface area contributed by atoms with Gasteiger partial charge >= 0.3 is 145 Å². The maximum Gasteiger partial charge on any atom is 1.00 e. The van der Waals surface area contributed by atoms with E-state index >= 15 is 0 Å². The normalized spacial score (nSPS) is 12.2. The minimum Gasteiger partial charge on any atom is -1.00 e. The first-order valence-corrected chi connectivity index (χ1v) is 33.6. The fraction of sp³-hybridized carbons (Fsp3) is 0.0714. The van der Waals surface area contributed by atoms with Crippen LogP contribution >= 0.6 is 31.9 Å². The zero-order chi connectivity index (χ0) is 68.6. The number of hydrogen-bond acceptors (Lipinski definition) is 12. The Morgan fingerprint density at radius 1 is 0.337 bits per heavy atom. The fourth-order valence-corrected chi connectivity index (χ4v) is 12.4. The molecule has 0 radical (unpaired) electrons. The molecule has 0 bridgehead atoms. The van der Waals surface area contributed by atoms with E-state index in [1.165, 1.54) is 0 Å². The van der Waals surface area contributed by atoms with Crippen LogP contribution in [0.25, 0.3) is 124 Å². The molecule has 1 saturated heterocycles. The van der Waals surface area contributed by atoms with Crippen molar-refractivity contribution in [2.45, 2.75) is 38.9 Å². The minimum atomic E-state index is -0.335. The molecule has 15 rings (SSSR count). The zero-order valence-corrected chi connectivity index (χ0v) is 72.3. The van der Waals surface area contributed by atoms with Crippen molar-refractivity contribution in [2.75, 3.05) is 0 Å². The van der Waals surface area contributed by atoms with Crippen LogP contribution in [0.1, 0.15) is 29.1 Å². The monoisotopic (exact) mass is 1690 g/mol. The van der Waals surface area contributed by atoms with Gasteiger partial charge in [-0.05, 0) is 158 Å². The van der Waals surface area contributed by atoms with Gasteiger partial charge in [0.1, 0.15) is 0 Å². The number of carbonyl (C=O) groups excluding carboxylic acids is 1. The molecule has 17 heteroatoms. The summed E-state index contributed by atoms with van der Waals surface area (Å²) in [5.41, 5.74) is 20.4. The Hall–Kier alpha value is -6.93. The number of benzene rings is 9. The van der Waals surface area contributed by atoms with Crippen molar-refractivity contribution >= 4 is 50.9 Å². The molecule has 0 aliphatic carbocycles. The minimum absolute atomic E-state index is 0. The second kappa shape index (κ2) is 37.0. The van der Waals surface area contributed by atoms with Gasteiger partial charge in [0.15, 0.2) is 11.6 Å². The summed E-state index contributed by atoms with van der Waals surface area (Å²) in [6.45, 7) is 8.08. The van der Waals surface area contributed by atoms with Crippen LogP contribution < -0.4 is 149 Å². The number of halogens is 2. The Morgan fingerprint density at radius 3 is 0.960 bits per heavy atom. The molecule has 1 aliphatic rings. The molecule has 1 fully saturated rings. The molecule has 1 aliphatic heterocycles. The van der Waals surface area contributed by atoms with E-state index < -0.39 is 0 Å². The van der Waals surface area contributed by atoms with Crippen molar-refractivity contribution in [1.82, 2.24) is 34.9 Å². The molecule has 12 nitrogen and oxygen atoms in total. The van der Waals surface area contributed by atoms with E-state index in [1.807, 2.05) is 176 Å². The van der Waals surface area contributed by atoms with Gasteiger partial charge in [0, 0.05) is 72.0 Å². The van der Waals surface area contributed by atoms with Gasteiger partial charge in [-0.25, -0.2) is 19.9 Å². The van der Waals surface area contributed by atoms with Gasteiger partial charge in [-0.1, -0.05) is 232 Å². The summed E-state index contributed by atoms with van der Waals surface area (Å²) in [4.78, 5) is 44.8. The summed E-state index contributed by atoms with van der Waals surface area (Å²) in [5, 5.41) is 8.43. The summed E-state index contributed by atoms with van der Waals surface area (Å²) in [6.07, 6.45) is 5.46. The molecule has 0 saturated carbocycles. The molecule has 0 N–H and O–H groups in total. The topological polar surface area (TPSA) is 158 Å². The summed E-state index contributed by atoms with van der Waals surface area (Å²) in [7, 11) is -0.335. The third-order valence-electron chi connectivity index (χ3n) is 16.8. The molecule has 0 atom stereocenters. The second-order valence-corrected chi connectivity index (χ2v) is 25.9. The predicted molar refractivity (Wildman–Crippen MR) is 403 cm³/mol. The maximum absolute atomic E-state index is 8.64. The summed E-state index contributed by atoms with van der Waals surface area (Å²) < 4.78 is 14.2. The number of nitrogens with zero attached hydrogens (tertiary/aromatic N) is 7. The Balaban J connectivity index is 0.000000189. The van der Waals surface area contributed by atoms with Crippen molar-refractivity contribution in [3.05, 3.63) is 325 Å². The molecule has 0 spiro atoms. The standard InChI is InChI=1S/C44H30N4.C22H14Br2N2.C17H20BNO2.CH2O3.2Cs.H/c1-3-13-31(14-4-1)42-30-43(32-15-5-2-6-16-32)48-44(47-42)39-28-37(33-17-11-19-35(25-33)40-21-7-9-23-45-40)27-38(29-39)34-18-12-20-36(26-34)41-22-8-10-24-46-41;23-18-11-17(12-19(24)13-18)22-25-20(15-7-3-1-4-8-15)14-21(26-22)16-9-5-2-6-10-16;1-16(2)17(3,4)21-18(20-16)14-9-7-8-13(12-14)15-10-5-6-11-19-15;2-1-4-3;;;/h1-30H;1-14H;5-12H,1-4H3;1,3H;;;/q;;;;2*+1;-1/p-1. The van der Waals surface area contributed by atoms with Crippen molar-refractivity contribution in [2.24, 2.45) is 0 Å². The van der Waals surface area contributed by atoms with Gasteiger partial charge in [0.2, 0.25) is 0 Å². The Labute approximate surface area is 725 Å². The molecule has 101 heavy (non-hydrogen) atoms. The van der Waals surface area contributed by atoms with Crippen LogP contribution in [0.5, 0.6) is 0 Å². The average molecular weight is 1690 g/mol. The van der Waals surface area contributed by atoms with Gasteiger partial charge in [0.25, 0.3) is 6.47 Å². The summed E-state index contributed by atoms with van der Waals surface area (Å²) in [6, 6.07) is 101. The van der Waals surface area contributed by atoms with Crippen LogP contribution in [0.4, 0.5) is 0 Å². The molecular weight excluding hydrogens is 1620 g/mol. The second-order valence-electron chi connectivity index (χ2n) is 24.1. The van der Waals surface area contributed by atoms with Gasteiger partial charge in [-0.3, -0.25) is 19.7 Å². The van der Waals surface area contributed by atoms with E-state index in [2.05, 4.69) is 213 Å². The molecule has 14 aromatic rings. The van der Waals surface area contributed by atoms with Crippen LogP contribution in [0.2, 0.25) is 0 Å². The number of rotatable bonds is 13. The van der Waals surface area contributed by atoms with Crippen molar-refractivity contribution in [3.8, 4) is 124 Å². The first kappa shape index (κ1) is 76.7. The molecule has 9 aromatic carbocycles. The van der Waals surface area contributed by atoms with Crippen LogP contribution in [-0.4, -0.2) is 59.7 Å². The first-order valence-electron chi connectivity index (χ1n) is 32.0. The largest absolute Gasteiger partial charge is 1.00 e. The fourth-order valence-electron chi connectivity index (χ4n) is 11.1. The number of aromatic nitrogens is 7. The molecule has 6 heterocycles. The maximum atomic E-state index is 8.64. The van der Waals surface area contributed by atoms with Crippen LogP contribution in [0.3, 0.4) is 0 Å². The third kappa shape index (κ3) is 20.3. The van der Waals surface area contributed by atoms with E-state index in [4.69, 9.17) is 39.3 Å². The summed E-state index contributed by atoms with van der Waals surface area (Å²) >= 11 is 7.10. The van der Waals surface area contributed by atoms with Crippen LogP contribution in [0, 0.1) is 0 Å². The Morgan fingerprint density at radius 2 is 0.624 bits per heavy atom. The first-order chi connectivity index (χ1) is 48.3. The number of pyridine rings is 3. The van der Waals surface area contributed by atoms with Gasteiger partial charge in [-0.15, -0.1) is 0 Å². The van der Waals surface area contributed by atoms with Crippen molar-refractivity contribution in [1.29, 1.82) is 0 Å². The van der Waals surface area contributed by atoms with Crippen LogP contribution in [0.15, 0.2) is 325 Å². The molecule has 5 aromatic heterocycles. The number of hydrogen-bond donors (Lipinski definition) is 0. The number of carbonyl (C=O) groups is 1. The smallest absolute Gasteiger partial charge is 1.00 e. The van der Waals surface area contributed by atoms with Gasteiger partial charge < -0.3 is 20.9 Å². The van der Waals surface area contributed by atoms with E-state index in [0.29, 0.717) is 11.6 Å². The van der Waals surface area contributed by atoms with Gasteiger partial charge in [0.05, 0.1) is 51.1 Å². The average Bonchev–Trinajstić information content (AvgIpc) is 1.42. The zero-order valence-electron chi connectivity index (χ0n) is 57.6. The Bertz CT molecular complexity index is 4780. The van der Waals surface area contributed by atoms with E-state index in [9.17, 15) is 0 Å². The van der Waals surface area contributed by atoms with Crippen LogP contribution in [-0.2, 0) is 19.0 Å². The van der Waals surface area contributed by atoms with E-state index in [1.54, 1.807) is 6.20 Å². The van der Waals surface area contributed by atoms with Crippen molar-refractivity contribution in [3.63, 3.8) is 0 Å². The molecule has 0 unspecified atom stereocenters. The van der Waals surface area contributed by atoms with E-state index in [-0.39, 0.29) is 164 Å². The molecular formula is C84H66BBr2Cs2N7O5. The SMILES string of the molecule is Brc1cc(Br)cc(-c2nc(-c3ccccc3)cc(-c3ccccc3)n2)c1.CC1(C)OB(c2cccc(-c3ccccn3)c2)OC1(C)C.O=CO[O-].[Cs+].[Cs+].[H-].c1ccc(-c2cc(-c3ccccc3)nc(-c3cc(-c4cccc(-c5ccccn5)c4)cc(-c4cccc(-c5ccccn5)c4)c3)n2)cc1. The van der Waals surface area contributed by atoms with Gasteiger partial charge in [-0.2, -0.15) is 0 Å². The van der Waals surface area contributed by atoms with E-state index in [0.717, 1.165) is 127 Å². The predicted octanol–water partition coefficient (Wildman–Crippen LogP) is 13.5. The third-order valence-corrected chi connectivity index (χ3v) is 17.7. The quantitative estimate of drug-likeness (QED) is 0.0466. The van der Waals surface area contributed by atoms with Crippen molar-refractivity contribution < 1.29 is 163 Å². The summed E-state index contributed by atoms with van der Waals surface area (Å²) in [5.74, 6) is 1.37. The Kier molecular flexibility index (Phi) is 28.1. The molecule has 486 valence electrons.